The van der Waals surface area contributed by atoms with Crippen molar-refractivity contribution in [3.8, 4) is 0 Å². The Bertz CT molecular complexity index is 529. The van der Waals surface area contributed by atoms with Gasteiger partial charge in [0.1, 0.15) is 0 Å². The zero-order chi connectivity index (χ0) is 14.3. The molecule has 0 aromatic heterocycles. The van der Waals surface area contributed by atoms with Crippen LogP contribution in [0.15, 0.2) is 24.3 Å². The van der Waals surface area contributed by atoms with Gasteiger partial charge >= 0.3 is 0 Å². The minimum Gasteiger partial charge on any atom is -0.351 e. The summed E-state index contributed by atoms with van der Waals surface area (Å²) in [5.41, 5.74) is 7.01. The molecule has 1 amide bonds. The van der Waals surface area contributed by atoms with Crippen LogP contribution in [0.4, 0.5) is 0 Å². The third-order valence-electron chi connectivity index (χ3n) is 2.40. The molecule has 0 atom stereocenters. The predicted molar refractivity (Wildman–Crippen MR) is 74.4 cm³/mol. The maximum Gasteiger partial charge on any atom is 0.251 e. The maximum atomic E-state index is 11.8. The van der Waals surface area contributed by atoms with Crippen molar-refractivity contribution in [2.45, 2.75) is 6.42 Å². The summed E-state index contributed by atoms with van der Waals surface area (Å²) in [5, 5.41) is 2.64. The third kappa shape index (κ3) is 6.32. The summed E-state index contributed by atoms with van der Waals surface area (Å²) in [6, 6.07) is 7.20. The molecule has 0 saturated heterocycles. The average Bonchev–Trinajstić information content (AvgIpc) is 2.34. The quantitative estimate of drug-likeness (QED) is 0.586. The first-order valence-corrected chi connectivity index (χ1v) is 7.83. The first kappa shape index (κ1) is 15.6. The molecule has 6 nitrogen and oxygen atoms in total. The van der Waals surface area contributed by atoms with Crippen LogP contribution in [0.1, 0.15) is 15.9 Å². The second-order valence-electron chi connectivity index (χ2n) is 4.16. The van der Waals surface area contributed by atoms with Gasteiger partial charge in [0.05, 0.1) is 6.26 Å². The van der Waals surface area contributed by atoms with Crippen LogP contribution in [0, 0.1) is 0 Å². The molecule has 7 heteroatoms. The van der Waals surface area contributed by atoms with E-state index in [2.05, 4.69) is 10.0 Å². The standard InChI is InChI=1S/C12H19N3O3S/c1-19(17,18)15-8-7-14-12(16)11-4-2-3-10(9-11)5-6-13/h2-4,9,15H,5-8,13H2,1H3,(H,14,16). The van der Waals surface area contributed by atoms with Gasteiger partial charge in [0.15, 0.2) is 0 Å². The normalized spacial score (nSPS) is 11.3. The lowest BCUT2D eigenvalue weighted by Gasteiger charge is -2.07. The largest absolute Gasteiger partial charge is 0.351 e. The van der Waals surface area contributed by atoms with Crippen molar-refractivity contribution in [1.29, 1.82) is 0 Å². The lowest BCUT2D eigenvalue weighted by molar-refractivity contribution is 0.0954. The van der Waals surface area contributed by atoms with E-state index in [1.54, 1.807) is 18.2 Å². The summed E-state index contributed by atoms with van der Waals surface area (Å²) in [7, 11) is -3.22. The van der Waals surface area contributed by atoms with E-state index >= 15 is 0 Å². The number of sulfonamides is 1. The molecule has 0 spiro atoms. The zero-order valence-corrected chi connectivity index (χ0v) is 11.7. The Kier molecular flexibility index (Phi) is 5.94. The van der Waals surface area contributed by atoms with Crippen LogP contribution in [0.5, 0.6) is 0 Å². The van der Waals surface area contributed by atoms with E-state index in [0.717, 1.165) is 18.2 Å². The topological polar surface area (TPSA) is 101 Å². The van der Waals surface area contributed by atoms with E-state index < -0.39 is 10.0 Å². The van der Waals surface area contributed by atoms with Crippen molar-refractivity contribution in [1.82, 2.24) is 10.0 Å². The van der Waals surface area contributed by atoms with Gasteiger partial charge in [-0.1, -0.05) is 12.1 Å². The number of carbonyl (C=O) groups is 1. The lowest BCUT2D eigenvalue weighted by atomic mass is 10.1. The summed E-state index contributed by atoms with van der Waals surface area (Å²) in [6.45, 7) is 0.948. The molecule has 19 heavy (non-hydrogen) atoms. The highest BCUT2D eigenvalue weighted by Gasteiger charge is 2.06. The molecule has 0 unspecified atom stereocenters. The summed E-state index contributed by atoms with van der Waals surface area (Å²) >= 11 is 0. The van der Waals surface area contributed by atoms with Crippen molar-refractivity contribution >= 4 is 15.9 Å². The van der Waals surface area contributed by atoms with Crippen LogP contribution in [-0.2, 0) is 16.4 Å². The molecule has 1 aromatic carbocycles. The Morgan fingerprint density at radius 2 is 2.05 bits per heavy atom. The van der Waals surface area contributed by atoms with Gasteiger partial charge in [0, 0.05) is 18.7 Å². The first-order chi connectivity index (χ1) is 8.92. The van der Waals surface area contributed by atoms with Crippen molar-refractivity contribution in [3.05, 3.63) is 35.4 Å². The number of benzene rings is 1. The highest BCUT2D eigenvalue weighted by atomic mass is 32.2. The molecular weight excluding hydrogens is 266 g/mol. The van der Waals surface area contributed by atoms with Crippen LogP contribution in [0.25, 0.3) is 0 Å². The van der Waals surface area contributed by atoms with Crippen molar-refractivity contribution in [3.63, 3.8) is 0 Å². The second kappa shape index (κ2) is 7.22. The van der Waals surface area contributed by atoms with Gasteiger partial charge in [-0.05, 0) is 30.7 Å². The van der Waals surface area contributed by atoms with Gasteiger partial charge in [-0.3, -0.25) is 4.79 Å². The Morgan fingerprint density at radius 3 is 2.68 bits per heavy atom. The molecule has 0 heterocycles. The fraction of sp³-hybridized carbons (Fsp3) is 0.417. The van der Waals surface area contributed by atoms with Gasteiger partial charge in [0.25, 0.3) is 5.91 Å². The highest BCUT2D eigenvalue weighted by molar-refractivity contribution is 7.88. The van der Waals surface area contributed by atoms with E-state index in [1.165, 1.54) is 0 Å². The molecule has 0 radical (unpaired) electrons. The lowest BCUT2D eigenvalue weighted by Crippen LogP contribution is -2.34. The number of carbonyl (C=O) groups excluding carboxylic acids is 1. The fourth-order valence-electron chi connectivity index (χ4n) is 1.55. The molecule has 0 bridgehead atoms. The number of hydrogen-bond donors (Lipinski definition) is 3. The smallest absolute Gasteiger partial charge is 0.251 e. The van der Waals surface area contributed by atoms with E-state index in [9.17, 15) is 13.2 Å². The fourth-order valence-corrected chi connectivity index (χ4v) is 2.02. The summed E-state index contributed by atoms with van der Waals surface area (Å²) in [5.74, 6) is -0.228. The zero-order valence-electron chi connectivity index (χ0n) is 10.8. The van der Waals surface area contributed by atoms with Gasteiger partial charge in [-0.2, -0.15) is 0 Å². The number of amides is 1. The molecule has 106 valence electrons. The number of nitrogens with two attached hydrogens (primary N) is 1. The monoisotopic (exact) mass is 285 g/mol. The second-order valence-corrected chi connectivity index (χ2v) is 5.99. The minimum atomic E-state index is -3.22. The van der Waals surface area contributed by atoms with Gasteiger partial charge in [-0.25, -0.2) is 13.1 Å². The minimum absolute atomic E-state index is 0.174. The molecule has 0 aliphatic carbocycles. The Morgan fingerprint density at radius 1 is 1.32 bits per heavy atom. The summed E-state index contributed by atoms with van der Waals surface area (Å²) in [6.07, 6.45) is 1.79. The van der Waals surface area contributed by atoms with E-state index in [-0.39, 0.29) is 19.0 Å². The van der Waals surface area contributed by atoms with Crippen molar-refractivity contribution in [2.75, 3.05) is 25.9 Å². The van der Waals surface area contributed by atoms with E-state index in [1.807, 2.05) is 6.07 Å². The Labute approximate surface area is 113 Å². The molecule has 0 fully saturated rings. The molecule has 0 aliphatic heterocycles. The van der Waals surface area contributed by atoms with E-state index in [4.69, 9.17) is 5.73 Å². The van der Waals surface area contributed by atoms with Crippen LogP contribution >= 0.6 is 0 Å². The summed E-state index contributed by atoms with van der Waals surface area (Å²) in [4.78, 5) is 11.8. The van der Waals surface area contributed by atoms with Crippen LogP contribution in [0.3, 0.4) is 0 Å². The predicted octanol–water partition coefficient (Wildman–Crippen LogP) is -0.533. The number of hydrogen-bond acceptors (Lipinski definition) is 4. The highest BCUT2D eigenvalue weighted by Crippen LogP contribution is 2.05. The molecule has 4 N–H and O–H groups in total. The van der Waals surface area contributed by atoms with Crippen LogP contribution in [0.2, 0.25) is 0 Å². The van der Waals surface area contributed by atoms with Crippen molar-refractivity contribution in [2.24, 2.45) is 5.73 Å². The Balaban J connectivity index is 2.47. The van der Waals surface area contributed by atoms with Crippen molar-refractivity contribution < 1.29 is 13.2 Å². The molecular formula is C12H19N3O3S. The van der Waals surface area contributed by atoms with Crippen LogP contribution in [-0.4, -0.2) is 40.2 Å². The SMILES string of the molecule is CS(=O)(=O)NCCNC(=O)c1cccc(CCN)c1. The molecule has 1 rings (SSSR count). The first-order valence-electron chi connectivity index (χ1n) is 5.94. The number of nitrogens with one attached hydrogen (secondary N) is 2. The van der Waals surface area contributed by atoms with E-state index in [0.29, 0.717) is 12.1 Å². The molecule has 0 aliphatic rings. The average molecular weight is 285 g/mol. The van der Waals surface area contributed by atoms with Crippen LogP contribution < -0.4 is 15.8 Å². The van der Waals surface area contributed by atoms with Gasteiger partial charge in [0.2, 0.25) is 10.0 Å². The van der Waals surface area contributed by atoms with Gasteiger partial charge in [-0.15, -0.1) is 0 Å². The summed E-state index contributed by atoms with van der Waals surface area (Å²) < 4.78 is 24.0. The molecule has 1 aromatic rings. The Hall–Kier alpha value is -1.44. The molecule has 0 saturated carbocycles. The number of rotatable bonds is 7. The van der Waals surface area contributed by atoms with Gasteiger partial charge < -0.3 is 11.1 Å². The maximum absolute atomic E-state index is 11.8. The third-order valence-corrected chi connectivity index (χ3v) is 3.13.